The minimum absolute atomic E-state index is 0.214. The molecule has 4 rings (SSSR count). The molecule has 3 heterocycles. The lowest BCUT2D eigenvalue weighted by Gasteiger charge is -2.39. The Hall–Kier alpha value is -2.69. The fourth-order valence-electron chi connectivity index (χ4n) is 6.95. The molecule has 3 aliphatic rings. The number of amides is 2. The molecule has 9 nitrogen and oxygen atoms in total. The van der Waals surface area contributed by atoms with Gasteiger partial charge in [-0.3, -0.25) is 14.4 Å². The highest BCUT2D eigenvalue weighted by Crippen LogP contribution is 2.61. The van der Waals surface area contributed by atoms with Crippen LogP contribution in [0.2, 0.25) is 0 Å². The number of hydrogen-bond donors (Lipinski definition) is 1. The maximum absolute atomic E-state index is 14.7. The van der Waals surface area contributed by atoms with E-state index in [-0.39, 0.29) is 36.4 Å². The number of hydrogen-bond acceptors (Lipinski definition) is 7. The zero-order valence-corrected chi connectivity index (χ0v) is 26.5. The van der Waals surface area contributed by atoms with Crippen LogP contribution in [0.5, 0.6) is 0 Å². The third-order valence-electron chi connectivity index (χ3n) is 8.97. The van der Waals surface area contributed by atoms with Gasteiger partial charge in [0.05, 0.1) is 37.2 Å². The van der Waals surface area contributed by atoms with Gasteiger partial charge < -0.3 is 29.3 Å². The highest BCUT2D eigenvalue weighted by molar-refractivity contribution is 9.09. The number of rotatable bonds is 15. The molecular weight excluding hydrogens is 602 g/mol. The summed E-state index contributed by atoms with van der Waals surface area (Å²) in [5, 5.41) is 10.3. The van der Waals surface area contributed by atoms with Crippen LogP contribution in [0, 0.1) is 11.8 Å². The lowest BCUT2D eigenvalue weighted by molar-refractivity contribution is -0.155. The molecule has 1 N–H and O–H groups in total. The number of allylic oxidation sites excluding steroid dienone is 1. The molecule has 10 heteroatoms. The van der Waals surface area contributed by atoms with Crippen molar-refractivity contribution in [2.75, 3.05) is 42.6 Å². The zero-order valence-electron chi connectivity index (χ0n) is 24.9. The van der Waals surface area contributed by atoms with Crippen LogP contribution in [-0.2, 0) is 23.9 Å². The molecule has 2 bridgehead atoms. The first-order valence-corrected chi connectivity index (χ1v) is 16.0. The van der Waals surface area contributed by atoms with Crippen molar-refractivity contribution in [2.45, 2.75) is 75.1 Å². The number of esters is 1. The zero-order chi connectivity index (χ0) is 30.6. The van der Waals surface area contributed by atoms with Crippen LogP contribution in [0.3, 0.4) is 0 Å². The summed E-state index contributed by atoms with van der Waals surface area (Å²) >= 11 is 3.69. The molecule has 0 aliphatic carbocycles. The highest BCUT2D eigenvalue weighted by atomic mass is 79.9. The predicted octanol–water partition coefficient (Wildman–Crippen LogP) is 4.08. The molecule has 230 valence electrons. The molecule has 3 unspecified atom stereocenters. The SMILES string of the molecule is C=CCCCOC(=O)[C@H]1[C@H]2C(=O)N([C@@H](CC)CO)C(C(=O)N(CC=C)c3ccc(N(CC)CC)cc3)C23CC(Br)[C@@H]1O3. The van der Waals surface area contributed by atoms with Gasteiger partial charge in [0.1, 0.15) is 11.6 Å². The number of likely N-dealkylation sites (tertiary alicyclic amines) is 1. The Labute approximate surface area is 257 Å². The van der Waals surface area contributed by atoms with Crippen LogP contribution >= 0.6 is 15.9 Å². The molecular formula is C32H44BrN3O6. The van der Waals surface area contributed by atoms with Crippen LogP contribution in [0.4, 0.5) is 11.4 Å². The maximum Gasteiger partial charge on any atom is 0.312 e. The molecule has 0 radical (unpaired) electrons. The van der Waals surface area contributed by atoms with Crippen molar-refractivity contribution in [1.29, 1.82) is 0 Å². The van der Waals surface area contributed by atoms with Crippen molar-refractivity contribution in [3.63, 3.8) is 0 Å². The Kier molecular flexibility index (Phi) is 10.5. The van der Waals surface area contributed by atoms with E-state index in [9.17, 15) is 19.5 Å². The largest absolute Gasteiger partial charge is 0.465 e. The third-order valence-corrected chi connectivity index (χ3v) is 9.82. The molecule has 0 aromatic heterocycles. The number of ether oxygens (including phenoxy) is 2. The summed E-state index contributed by atoms with van der Waals surface area (Å²) in [6.07, 6.45) is 4.98. The number of benzene rings is 1. The van der Waals surface area contributed by atoms with E-state index in [1.165, 1.54) is 4.90 Å². The van der Waals surface area contributed by atoms with Gasteiger partial charge in [0.2, 0.25) is 5.91 Å². The molecule has 1 spiro atoms. The second kappa shape index (κ2) is 13.7. The number of nitrogens with zero attached hydrogens (tertiary/aromatic N) is 3. The maximum atomic E-state index is 14.7. The van der Waals surface area contributed by atoms with Gasteiger partial charge in [0.25, 0.3) is 5.91 Å². The number of anilines is 2. The Morgan fingerprint density at radius 1 is 1.19 bits per heavy atom. The van der Waals surface area contributed by atoms with Crippen LogP contribution in [0.25, 0.3) is 0 Å². The van der Waals surface area contributed by atoms with Gasteiger partial charge in [-0.15, -0.1) is 13.2 Å². The van der Waals surface area contributed by atoms with Crippen molar-refractivity contribution in [3.8, 4) is 0 Å². The topological polar surface area (TPSA) is 99.6 Å². The fraction of sp³-hybridized carbons (Fsp3) is 0.594. The van der Waals surface area contributed by atoms with Crippen LogP contribution in [0.15, 0.2) is 49.6 Å². The summed E-state index contributed by atoms with van der Waals surface area (Å²) in [6.45, 7) is 15.5. The van der Waals surface area contributed by atoms with Crippen molar-refractivity contribution in [1.82, 2.24) is 4.90 Å². The molecule has 7 atom stereocenters. The smallest absolute Gasteiger partial charge is 0.312 e. The molecule has 3 fully saturated rings. The normalized spacial score (nSPS) is 28.4. The van der Waals surface area contributed by atoms with E-state index in [2.05, 4.69) is 47.8 Å². The first-order chi connectivity index (χ1) is 20.2. The monoisotopic (exact) mass is 645 g/mol. The number of alkyl halides is 1. The lowest BCUT2D eigenvalue weighted by Crippen LogP contribution is -2.59. The predicted molar refractivity (Wildman–Crippen MR) is 167 cm³/mol. The lowest BCUT2D eigenvalue weighted by atomic mass is 9.70. The Morgan fingerprint density at radius 2 is 1.86 bits per heavy atom. The van der Waals surface area contributed by atoms with E-state index in [0.29, 0.717) is 31.4 Å². The molecule has 3 aliphatic heterocycles. The Bertz CT molecular complexity index is 1150. The number of halogens is 1. The van der Waals surface area contributed by atoms with Gasteiger partial charge in [-0.25, -0.2) is 0 Å². The van der Waals surface area contributed by atoms with E-state index >= 15 is 0 Å². The highest BCUT2D eigenvalue weighted by Gasteiger charge is 2.77. The van der Waals surface area contributed by atoms with E-state index in [1.54, 1.807) is 17.1 Å². The van der Waals surface area contributed by atoms with E-state index in [0.717, 1.165) is 18.8 Å². The molecule has 1 aromatic carbocycles. The van der Waals surface area contributed by atoms with Gasteiger partial charge in [-0.05, 0) is 63.8 Å². The summed E-state index contributed by atoms with van der Waals surface area (Å²) in [4.78, 5) is 47.5. The number of aliphatic hydroxyl groups is 1. The summed E-state index contributed by atoms with van der Waals surface area (Å²) in [6, 6.07) is 6.13. The number of carbonyl (C=O) groups is 3. The van der Waals surface area contributed by atoms with Gasteiger partial charge in [0, 0.05) is 35.8 Å². The minimum Gasteiger partial charge on any atom is -0.465 e. The number of unbranched alkanes of at least 4 members (excludes halogenated alkanes) is 1. The molecule has 0 saturated carbocycles. The fourth-order valence-corrected chi connectivity index (χ4v) is 7.89. The average molecular weight is 647 g/mol. The number of aliphatic hydroxyl groups excluding tert-OH is 1. The van der Waals surface area contributed by atoms with E-state index in [1.807, 2.05) is 31.2 Å². The van der Waals surface area contributed by atoms with E-state index in [4.69, 9.17) is 9.47 Å². The third kappa shape index (κ3) is 5.53. The van der Waals surface area contributed by atoms with Crippen molar-refractivity contribution >= 4 is 45.1 Å². The standard InChI is InChI=1S/C32H44BrN3O6/c1-6-11-12-18-41-31(40)25-26-29(38)36(21(8-3)20-37)28(32(26)19-24(33)27(25)42-32)30(39)35(17-7-2)23-15-13-22(14-16-23)34(9-4)10-5/h6-7,13-16,21,24-28,37H,1-2,8-12,17-20H2,3-5H3/t21-,24?,25-,26-,27-,28?,32?/m0/s1. The van der Waals surface area contributed by atoms with Crippen molar-refractivity contribution in [3.05, 3.63) is 49.6 Å². The second-order valence-corrected chi connectivity index (χ2v) is 12.4. The molecule has 1 aromatic rings. The summed E-state index contributed by atoms with van der Waals surface area (Å²) in [5.74, 6) is -2.90. The number of carbonyl (C=O) groups excluding carboxylic acids is 3. The molecule has 3 saturated heterocycles. The summed E-state index contributed by atoms with van der Waals surface area (Å²) in [5.41, 5.74) is 0.481. The van der Waals surface area contributed by atoms with Crippen LogP contribution in [0.1, 0.15) is 46.5 Å². The first-order valence-electron chi connectivity index (χ1n) is 15.0. The first kappa shape index (κ1) is 32.2. The van der Waals surface area contributed by atoms with Crippen LogP contribution < -0.4 is 9.80 Å². The Morgan fingerprint density at radius 3 is 2.43 bits per heavy atom. The van der Waals surface area contributed by atoms with Gasteiger partial charge in [-0.2, -0.15) is 0 Å². The van der Waals surface area contributed by atoms with Gasteiger partial charge in [-0.1, -0.05) is 35.0 Å². The number of fused-ring (bicyclic) bond motifs is 1. The quantitative estimate of drug-likeness (QED) is 0.133. The van der Waals surface area contributed by atoms with Gasteiger partial charge in [0.15, 0.2) is 0 Å². The summed E-state index contributed by atoms with van der Waals surface area (Å²) in [7, 11) is 0. The molecule has 42 heavy (non-hydrogen) atoms. The van der Waals surface area contributed by atoms with E-state index < -0.39 is 41.6 Å². The van der Waals surface area contributed by atoms with Crippen molar-refractivity contribution < 1.29 is 29.0 Å². The van der Waals surface area contributed by atoms with Gasteiger partial charge >= 0.3 is 5.97 Å². The molecule has 2 amide bonds. The van der Waals surface area contributed by atoms with Crippen LogP contribution in [-0.4, -0.2) is 89.3 Å². The average Bonchev–Trinajstić information content (AvgIpc) is 3.59. The van der Waals surface area contributed by atoms with Crippen molar-refractivity contribution in [2.24, 2.45) is 11.8 Å². The minimum atomic E-state index is -1.24. The summed E-state index contributed by atoms with van der Waals surface area (Å²) < 4.78 is 12.2. The second-order valence-electron chi connectivity index (χ2n) is 11.2. The Balaban J connectivity index is 1.74.